The third-order valence-corrected chi connectivity index (χ3v) is 5.17. The Morgan fingerprint density at radius 2 is 1.88 bits per heavy atom. The minimum Gasteiger partial charge on any atom is -0.423 e. The van der Waals surface area contributed by atoms with Gasteiger partial charge in [-0.15, -0.1) is 0 Å². The van der Waals surface area contributed by atoms with E-state index in [1.165, 1.54) is 0 Å². The number of likely N-dealkylation sites (N-methyl/N-ethyl adjacent to an activating group) is 1. The number of hydrogen-bond donors (Lipinski definition) is 0. The fourth-order valence-electron chi connectivity index (χ4n) is 3.26. The fourth-order valence-corrected chi connectivity index (χ4v) is 3.62. The maximum atomic E-state index is 13.0. The average molecular weight is 441 g/mol. The largest absolute Gasteiger partial charge is 0.423 e. The SMILES string of the molecule is CN1C2=CC=CCC2=C(C(=O)Oc2ccc(I)cc2)c2ccccc21. The average Bonchev–Trinajstić information content (AvgIpc) is 2.64. The topological polar surface area (TPSA) is 29.5 Å². The zero-order valence-corrected chi connectivity index (χ0v) is 15.9. The molecule has 0 radical (unpaired) electrons. The molecule has 0 atom stereocenters. The number of carbonyl (C=O) groups excluding carboxylic acids is 1. The van der Waals surface area contributed by atoms with Crippen LogP contribution in [0.15, 0.2) is 78.0 Å². The molecule has 2 aromatic carbocycles. The Labute approximate surface area is 160 Å². The van der Waals surface area contributed by atoms with Crippen molar-refractivity contribution in [3.63, 3.8) is 0 Å². The predicted molar refractivity (Wildman–Crippen MR) is 108 cm³/mol. The standard InChI is InChI=1S/C21H16INO2/c1-23-18-8-4-2-6-16(18)20(17-7-3-5-9-19(17)23)21(24)25-15-12-10-14(22)11-13-15/h2-6,8-13H,7H2,1H3. The molecule has 0 saturated heterocycles. The molecule has 0 aromatic heterocycles. The van der Waals surface area contributed by atoms with Crippen LogP contribution in [0.5, 0.6) is 5.75 Å². The van der Waals surface area contributed by atoms with Gasteiger partial charge in [-0.3, -0.25) is 0 Å². The summed E-state index contributed by atoms with van der Waals surface area (Å²) < 4.78 is 6.78. The molecule has 0 unspecified atom stereocenters. The third kappa shape index (κ3) is 2.91. The lowest BCUT2D eigenvalue weighted by Gasteiger charge is -2.34. The van der Waals surface area contributed by atoms with Crippen LogP contribution in [0.3, 0.4) is 0 Å². The van der Waals surface area contributed by atoms with Crippen LogP contribution in [0, 0.1) is 3.57 Å². The van der Waals surface area contributed by atoms with E-state index >= 15 is 0 Å². The lowest BCUT2D eigenvalue weighted by Crippen LogP contribution is -2.27. The summed E-state index contributed by atoms with van der Waals surface area (Å²) in [7, 11) is 2.03. The van der Waals surface area contributed by atoms with Crippen molar-refractivity contribution in [2.24, 2.45) is 0 Å². The summed E-state index contributed by atoms with van der Waals surface area (Å²) in [5.74, 6) is 0.254. The normalized spacial score (nSPS) is 15.4. The Balaban J connectivity index is 1.80. The molecule has 0 N–H and O–H groups in total. The van der Waals surface area contributed by atoms with E-state index in [0.29, 0.717) is 11.3 Å². The highest BCUT2D eigenvalue weighted by atomic mass is 127. The van der Waals surface area contributed by atoms with Gasteiger partial charge in [-0.25, -0.2) is 4.79 Å². The van der Waals surface area contributed by atoms with Gasteiger partial charge in [0.15, 0.2) is 0 Å². The molecule has 0 saturated carbocycles. The second kappa shape index (κ2) is 6.52. The van der Waals surface area contributed by atoms with E-state index in [9.17, 15) is 4.79 Å². The Kier molecular flexibility index (Phi) is 4.21. The number of rotatable bonds is 2. The number of nitrogens with zero attached hydrogens (tertiary/aromatic N) is 1. The molecule has 2 aliphatic rings. The van der Waals surface area contributed by atoms with E-state index < -0.39 is 0 Å². The highest BCUT2D eigenvalue weighted by Crippen LogP contribution is 2.42. The van der Waals surface area contributed by atoms with Gasteiger partial charge in [0.25, 0.3) is 0 Å². The van der Waals surface area contributed by atoms with Gasteiger partial charge < -0.3 is 9.64 Å². The molecule has 0 bridgehead atoms. The Hall–Kier alpha value is -2.34. The number of carbonyl (C=O) groups is 1. The summed E-state index contributed by atoms with van der Waals surface area (Å²) in [6.45, 7) is 0. The molecule has 1 aliphatic carbocycles. The molecular formula is C21H16INO2. The summed E-state index contributed by atoms with van der Waals surface area (Å²) in [5, 5.41) is 0. The lowest BCUT2D eigenvalue weighted by atomic mass is 9.87. The van der Waals surface area contributed by atoms with Crippen LogP contribution in [0.25, 0.3) is 5.57 Å². The van der Waals surface area contributed by atoms with Crippen molar-refractivity contribution >= 4 is 39.8 Å². The first-order chi connectivity index (χ1) is 12.1. The van der Waals surface area contributed by atoms with E-state index in [0.717, 1.165) is 32.5 Å². The molecule has 1 heterocycles. The maximum Gasteiger partial charge on any atom is 0.344 e. The Morgan fingerprint density at radius 3 is 2.68 bits per heavy atom. The van der Waals surface area contributed by atoms with Crippen LogP contribution in [-0.2, 0) is 4.79 Å². The molecule has 4 heteroatoms. The van der Waals surface area contributed by atoms with E-state index in [2.05, 4.69) is 33.6 Å². The second-order valence-corrected chi connectivity index (χ2v) is 7.20. The van der Waals surface area contributed by atoms with Crippen LogP contribution in [0.1, 0.15) is 12.0 Å². The summed E-state index contributed by atoms with van der Waals surface area (Å²) in [5.41, 5.74) is 4.66. The first kappa shape index (κ1) is 16.1. The molecular weight excluding hydrogens is 425 g/mol. The number of hydrogen-bond acceptors (Lipinski definition) is 3. The fraction of sp³-hybridized carbons (Fsp3) is 0.0952. The van der Waals surface area contributed by atoms with E-state index in [1.54, 1.807) is 0 Å². The van der Waals surface area contributed by atoms with Crippen molar-refractivity contribution in [1.82, 2.24) is 0 Å². The quantitative estimate of drug-likeness (QED) is 0.376. The molecule has 2 aromatic rings. The van der Waals surface area contributed by atoms with Crippen molar-refractivity contribution < 1.29 is 9.53 Å². The van der Waals surface area contributed by atoms with Gasteiger partial charge in [-0.1, -0.05) is 30.4 Å². The number of anilines is 1. The number of fused-ring (bicyclic) bond motifs is 2. The maximum absolute atomic E-state index is 13.0. The van der Waals surface area contributed by atoms with Gasteiger partial charge in [0, 0.05) is 27.6 Å². The molecule has 25 heavy (non-hydrogen) atoms. The summed E-state index contributed by atoms with van der Waals surface area (Å²) >= 11 is 2.23. The first-order valence-electron chi connectivity index (χ1n) is 8.06. The first-order valence-corrected chi connectivity index (χ1v) is 9.14. The third-order valence-electron chi connectivity index (χ3n) is 4.45. The van der Waals surface area contributed by atoms with Gasteiger partial charge in [0.2, 0.25) is 0 Å². The van der Waals surface area contributed by atoms with E-state index in [-0.39, 0.29) is 5.97 Å². The number of allylic oxidation sites excluding steroid dienone is 4. The number of benzene rings is 2. The highest BCUT2D eigenvalue weighted by Gasteiger charge is 2.31. The minimum absolute atomic E-state index is 0.307. The highest BCUT2D eigenvalue weighted by molar-refractivity contribution is 14.1. The van der Waals surface area contributed by atoms with Crippen LogP contribution in [-0.4, -0.2) is 13.0 Å². The summed E-state index contributed by atoms with van der Waals surface area (Å²) in [6, 6.07) is 15.5. The smallest absolute Gasteiger partial charge is 0.344 e. The van der Waals surface area contributed by atoms with Crippen molar-refractivity contribution in [2.75, 3.05) is 11.9 Å². The van der Waals surface area contributed by atoms with Gasteiger partial charge in [0.1, 0.15) is 5.75 Å². The van der Waals surface area contributed by atoms with E-state index in [4.69, 9.17) is 4.74 Å². The summed E-state index contributed by atoms with van der Waals surface area (Å²) in [6.07, 6.45) is 6.87. The number of esters is 1. The number of halogens is 1. The van der Waals surface area contributed by atoms with Crippen LogP contribution < -0.4 is 9.64 Å². The van der Waals surface area contributed by atoms with E-state index in [1.807, 2.05) is 67.7 Å². The van der Waals surface area contributed by atoms with Crippen LogP contribution in [0.2, 0.25) is 0 Å². The van der Waals surface area contributed by atoms with Crippen molar-refractivity contribution in [3.05, 3.63) is 87.2 Å². The predicted octanol–water partition coefficient (Wildman–Crippen LogP) is 4.94. The van der Waals surface area contributed by atoms with Gasteiger partial charge in [-0.2, -0.15) is 0 Å². The zero-order chi connectivity index (χ0) is 17.4. The van der Waals surface area contributed by atoms with Crippen molar-refractivity contribution in [1.29, 1.82) is 0 Å². The van der Waals surface area contributed by atoms with Gasteiger partial charge >= 0.3 is 5.97 Å². The van der Waals surface area contributed by atoms with Gasteiger partial charge in [0.05, 0.1) is 5.57 Å². The number of para-hydroxylation sites is 1. The minimum atomic E-state index is -0.307. The van der Waals surface area contributed by atoms with Gasteiger partial charge in [-0.05, 0) is 71.0 Å². The molecule has 1 aliphatic heterocycles. The lowest BCUT2D eigenvalue weighted by molar-refractivity contribution is -0.128. The second-order valence-electron chi connectivity index (χ2n) is 5.96. The number of ether oxygens (including phenoxy) is 1. The Bertz CT molecular complexity index is 939. The molecule has 0 amide bonds. The molecule has 3 nitrogen and oxygen atoms in total. The monoisotopic (exact) mass is 441 g/mol. The summed E-state index contributed by atoms with van der Waals surface area (Å²) in [4.78, 5) is 15.2. The van der Waals surface area contributed by atoms with Crippen molar-refractivity contribution in [2.45, 2.75) is 6.42 Å². The van der Waals surface area contributed by atoms with Crippen LogP contribution >= 0.6 is 22.6 Å². The molecule has 4 rings (SSSR count). The molecule has 0 fully saturated rings. The zero-order valence-electron chi connectivity index (χ0n) is 13.7. The molecule has 0 spiro atoms. The molecule has 124 valence electrons. The van der Waals surface area contributed by atoms with Crippen molar-refractivity contribution in [3.8, 4) is 5.75 Å². The Morgan fingerprint density at radius 1 is 1.12 bits per heavy atom. The van der Waals surface area contributed by atoms with Crippen LogP contribution in [0.4, 0.5) is 5.69 Å².